The van der Waals surface area contributed by atoms with E-state index in [9.17, 15) is 13.2 Å². The van der Waals surface area contributed by atoms with E-state index in [0.29, 0.717) is 17.1 Å². The summed E-state index contributed by atoms with van der Waals surface area (Å²) in [6, 6.07) is 9.54. The van der Waals surface area contributed by atoms with E-state index in [1.165, 1.54) is 0 Å². The summed E-state index contributed by atoms with van der Waals surface area (Å²) in [4.78, 5) is 12.9. The van der Waals surface area contributed by atoms with Gasteiger partial charge in [0.15, 0.2) is 0 Å². The first-order chi connectivity index (χ1) is 11.7. The molecule has 1 amide bonds. The normalized spacial score (nSPS) is 11.8. The van der Waals surface area contributed by atoms with Crippen LogP contribution in [-0.4, -0.2) is 34.9 Å². The van der Waals surface area contributed by atoms with Gasteiger partial charge in [-0.1, -0.05) is 18.2 Å². The summed E-state index contributed by atoms with van der Waals surface area (Å²) in [5.74, 6) is -0.525. The van der Waals surface area contributed by atoms with E-state index in [1.807, 2.05) is 30.3 Å². The molecule has 0 spiro atoms. The van der Waals surface area contributed by atoms with Gasteiger partial charge in [-0.2, -0.15) is 5.10 Å². The summed E-state index contributed by atoms with van der Waals surface area (Å²) in [6.07, 6.45) is 2.82. The molecule has 0 aliphatic carbocycles. The number of hydrogen-bond donors (Lipinski definition) is 0. The Morgan fingerprint density at radius 3 is 2.48 bits per heavy atom. The van der Waals surface area contributed by atoms with Crippen molar-refractivity contribution in [2.45, 2.75) is 20.4 Å². The zero-order valence-corrected chi connectivity index (χ0v) is 15.4. The van der Waals surface area contributed by atoms with Crippen LogP contribution < -0.4 is 4.31 Å². The zero-order valence-electron chi connectivity index (χ0n) is 14.6. The molecule has 7 nitrogen and oxygen atoms in total. The van der Waals surface area contributed by atoms with Crippen LogP contribution in [-0.2, 0) is 28.4 Å². The molecule has 0 aliphatic heterocycles. The van der Waals surface area contributed by atoms with E-state index in [-0.39, 0.29) is 6.54 Å². The Kier molecular flexibility index (Phi) is 4.16. The first-order valence-corrected chi connectivity index (χ1v) is 9.62. The van der Waals surface area contributed by atoms with E-state index in [4.69, 9.17) is 0 Å². The van der Waals surface area contributed by atoms with Crippen LogP contribution >= 0.6 is 0 Å². The lowest BCUT2D eigenvalue weighted by atomic mass is 10.2. The van der Waals surface area contributed by atoms with E-state index >= 15 is 0 Å². The summed E-state index contributed by atoms with van der Waals surface area (Å²) in [6.45, 7) is 3.36. The Morgan fingerprint density at radius 2 is 1.88 bits per heavy atom. The van der Waals surface area contributed by atoms with Gasteiger partial charge in [0.1, 0.15) is 12.2 Å². The van der Waals surface area contributed by atoms with Crippen LogP contribution in [0.15, 0.2) is 36.5 Å². The highest BCUT2D eigenvalue weighted by molar-refractivity contribution is 7.92. The number of nitrogens with zero attached hydrogens (tertiary/aromatic N) is 4. The van der Waals surface area contributed by atoms with Crippen LogP contribution in [0, 0.1) is 13.8 Å². The minimum absolute atomic E-state index is 0.0750. The molecule has 0 saturated heterocycles. The van der Waals surface area contributed by atoms with Crippen molar-refractivity contribution < 1.29 is 13.2 Å². The predicted octanol–water partition coefficient (Wildman–Crippen LogP) is 1.98. The van der Waals surface area contributed by atoms with Gasteiger partial charge in [-0.25, -0.2) is 12.7 Å². The van der Waals surface area contributed by atoms with E-state index in [1.54, 1.807) is 36.3 Å². The maximum atomic E-state index is 12.9. The number of carbonyl (C=O) groups is 1. The van der Waals surface area contributed by atoms with Gasteiger partial charge in [-0.3, -0.25) is 9.48 Å². The monoisotopic (exact) mass is 360 g/mol. The number of aromatic nitrogens is 3. The standard InChI is InChI=1S/C17H20N4O3S/c1-12-17(13(2)19(3)18-12)21(25(4,23)24)16(22)11-20-10-9-14-7-5-6-8-15(14)20/h5-10H,11H2,1-4H3. The molecule has 0 N–H and O–H groups in total. The van der Waals surface area contributed by atoms with Crippen LogP contribution in [0.2, 0.25) is 0 Å². The van der Waals surface area contributed by atoms with Crippen molar-refractivity contribution in [1.29, 1.82) is 0 Å². The quantitative estimate of drug-likeness (QED) is 0.713. The molecule has 25 heavy (non-hydrogen) atoms. The summed E-state index contributed by atoms with van der Waals surface area (Å²) in [5.41, 5.74) is 2.32. The van der Waals surface area contributed by atoms with Gasteiger partial charge < -0.3 is 4.57 Å². The smallest absolute Gasteiger partial charge is 0.260 e. The SMILES string of the molecule is Cc1nn(C)c(C)c1N(C(=O)Cn1ccc2ccccc21)S(C)(=O)=O. The van der Waals surface area contributed by atoms with Crippen molar-refractivity contribution in [2.75, 3.05) is 10.6 Å². The summed E-state index contributed by atoms with van der Waals surface area (Å²) >= 11 is 0. The number of rotatable bonds is 4. The van der Waals surface area contributed by atoms with Gasteiger partial charge in [0.25, 0.3) is 5.91 Å². The second-order valence-corrected chi connectivity index (χ2v) is 7.90. The van der Waals surface area contributed by atoms with Crippen molar-refractivity contribution in [2.24, 2.45) is 7.05 Å². The minimum Gasteiger partial charge on any atom is -0.338 e. The molecule has 1 aromatic carbocycles. The lowest BCUT2D eigenvalue weighted by Gasteiger charge is -2.21. The number of carbonyl (C=O) groups excluding carboxylic acids is 1. The van der Waals surface area contributed by atoms with Gasteiger partial charge >= 0.3 is 0 Å². The Hall–Kier alpha value is -2.61. The summed E-state index contributed by atoms with van der Waals surface area (Å²) < 4.78 is 28.9. The largest absolute Gasteiger partial charge is 0.338 e. The second-order valence-electron chi connectivity index (χ2n) is 6.07. The molecule has 3 rings (SSSR count). The zero-order chi connectivity index (χ0) is 18.4. The molecule has 2 aromatic heterocycles. The van der Waals surface area contributed by atoms with E-state index in [2.05, 4.69) is 5.10 Å². The number of benzene rings is 1. The minimum atomic E-state index is -3.79. The molecular formula is C17H20N4O3S. The molecule has 0 fully saturated rings. The van der Waals surface area contributed by atoms with Crippen LogP contribution in [0.4, 0.5) is 5.69 Å². The Balaban J connectivity index is 2.04. The van der Waals surface area contributed by atoms with Crippen LogP contribution in [0.5, 0.6) is 0 Å². The molecular weight excluding hydrogens is 340 g/mol. The van der Waals surface area contributed by atoms with Crippen LogP contribution in [0.1, 0.15) is 11.4 Å². The summed E-state index contributed by atoms with van der Waals surface area (Å²) in [7, 11) is -2.07. The molecule has 8 heteroatoms. The molecule has 3 aromatic rings. The number of aryl methyl sites for hydroxylation is 2. The third-order valence-electron chi connectivity index (χ3n) is 4.22. The van der Waals surface area contributed by atoms with Gasteiger partial charge in [0.05, 0.1) is 17.6 Å². The average Bonchev–Trinajstić information content (AvgIpc) is 3.03. The lowest BCUT2D eigenvalue weighted by Crippen LogP contribution is -2.39. The highest BCUT2D eigenvalue weighted by Gasteiger charge is 2.30. The molecule has 0 bridgehead atoms. The third-order valence-corrected chi connectivity index (χ3v) is 5.27. The third kappa shape index (κ3) is 3.05. The topological polar surface area (TPSA) is 77.2 Å². The molecule has 0 atom stereocenters. The fraction of sp³-hybridized carbons (Fsp3) is 0.294. The lowest BCUT2D eigenvalue weighted by molar-refractivity contribution is -0.117. The highest BCUT2D eigenvalue weighted by Crippen LogP contribution is 2.27. The van der Waals surface area contributed by atoms with Crippen LogP contribution in [0.3, 0.4) is 0 Å². The second kappa shape index (κ2) is 6.03. The number of amides is 1. The van der Waals surface area contributed by atoms with Gasteiger partial charge in [0.2, 0.25) is 10.0 Å². The number of fused-ring (bicyclic) bond motifs is 1. The predicted molar refractivity (Wildman–Crippen MR) is 96.9 cm³/mol. The van der Waals surface area contributed by atoms with Crippen LogP contribution in [0.25, 0.3) is 10.9 Å². The fourth-order valence-corrected chi connectivity index (χ4v) is 4.04. The van der Waals surface area contributed by atoms with Gasteiger partial charge in [-0.15, -0.1) is 0 Å². The van der Waals surface area contributed by atoms with Crippen molar-refractivity contribution >= 4 is 32.5 Å². The molecule has 0 radical (unpaired) electrons. The molecule has 0 saturated carbocycles. The number of anilines is 1. The average molecular weight is 360 g/mol. The Bertz CT molecular complexity index is 1060. The first kappa shape index (κ1) is 17.2. The maximum Gasteiger partial charge on any atom is 0.260 e. The maximum absolute atomic E-state index is 12.9. The van der Waals surface area contributed by atoms with E-state index < -0.39 is 15.9 Å². The number of sulfonamides is 1. The molecule has 132 valence electrons. The number of para-hydroxylation sites is 1. The summed E-state index contributed by atoms with van der Waals surface area (Å²) in [5, 5.41) is 5.22. The van der Waals surface area contributed by atoms with Crippen molar-refractivity contribution in [3.63, 3.8) is 0 Å². The first-order valence-electron chi connectivity index (χ1n) is 7.77. The Morgan fingerprint density at radius 1 is 1.20 bits per heavy atom. The molecule has 0 aliphatic rings. The van der Waals surface area contributed by atoms with E-state index in [0.717, 1.165) is 21.5 Å². The van der Waals surface area contributed by atoms with Crippen molar-refractivity contribution in [3.05, 3.63) is 47.9 Å². The van der Waals surface area contributed by atoms with Crippen molar-refractivity contribution in [3.8, 4) is 0 Å². The van der Waals surface area contributed by atoms with Gasteiger partial charge in [-0.05, 0) is 31.4 Å². The fourth-order valence-electron chi connectivity index (χ4n) is 3.02. The van der Waals surface area contributed by atoms with Crippen molar-refractivity contribution in [1.82, 2.24) is 14.3 Å². The molecule has 0 unspecified atom stereocenters. The number of hydrogen-bond acceptors (Lipinski definition) is 4. The Labute approximate surface area is 146 Å². The van der Waals surface area contributed by atoms with Gasteiger partial charge in [0, 0.05) is 18.8 Å². The highest BCUT2D eigenvalue weighted by atomic mass is 32.2. The molecule has 2 heterocycles.